The molecule has 0 amide bonds. The van der Waals surface area contributed by atoms with Crippen molar-refractivity contribution in [3.63, 3.8) is 0 Å². The summed E-state index contributed by atoms with van der Waals surface area (Å²) in [6.45, 7) is 0.497. The summed E-state index contributed by atoms with van der Waals surface area (Å²) >= 11 is 7.65. The van der Waals surface area contributed by atoms with Crippen molar-refractivity contribution in [1.82, 2.24) is 4.98 Å². The molecule has 0 spiro atoms. The van der Waals surface area contributed by atoms with Gasteiger partial charge in [-0.15, -0.1) is 0 Å². The zero-order chi connectivity index (χ0) is 23.9. The van der Waals surface area contributed by atoms with Crippen molar-refractivity contribution in [2.24, 2.45) is 5.10 Å². The van der Waals surface area contributed by atoms with Gasteiger partial charge in [-0.1, -0.05) is 108 Å². The van der Waals surface area contributed by atoms with E-state index >= 15 is 0 Å². The zero-order valence-electron chi connectivity index (χ0n) is 18.8. The molecule has 0 atom stereocenters. The van der Waals surface area contributed by atoms with Gasteiger partial charge in [0.15, 0.2) is 0 Å². The Bertz CT molecular complexity index is 1420. The number of nitrogens with zero attached hydrogens (tertiary/aromatic N) is 2. The Hall–Kier alpha value is -3.93. The molecule has 0 saturated carbocycles. The Morgan fingerprint density at radius 1 is 0.800 bits per heavy atom. The van der Waals surface area contributed by atoms with E-state index in [4.69, 9.17) is 21.3 Å². The summed E-state index contributed by atoms with van der Waals surface area (Å²) in [5.41, 5.74) is 8.11. The van der Waals surface area contributed by atoms with Crippen LogP contribution in [0.4, 0.5) is 5.13 Å². The lowest BCUT2D eigenvalue weighted by molar-refractivity contribution is 0.306. The van der Waals surface area contributed by atoms with Crippen LogP contribution in [0.1, 0.15) is 11.1 Å². The maximum atomic E-state index is 6.10. The number of thiazole rings is 1. The molecule has 6 heteroatoms. The second-order valence-corrected chi connectivity index (χ2v) is 9.19. The number of nitrogens with one attached hydrogen (secondary N) is 1. The van der Waals surface area contributed by atoms with E-state index in [1.54, 1.807) is 17.6 Å². The van der Waals surface area contributed by atoms with Gasteiger partial charge in [-0.25, -0.2) is 4.98 Å². The third-order valence-electron chi connectivity index (χ3n) is 5.30. The van der Waals surface area contributed by atoms with E-state index in [1.807, 2.05) is 97.1 Å². The minimum atomic E-state index is 0.497. The van der Waals surface area contributed by atoms with E-state index in [1.165, 1.54) is 0 Å². The van der Waals surface area contributed by atoms with Crippen LogP contribution < -0.4 is 10.2 Å². The largest absolute Gasteiger partial charge is 0.488 e. The molecule has 1 heterocycles. The molecule has 0 unspecified atom stereocenters. The molecule has 0 aliphatic carbocycles. The smallest absolute Gasteiger partial charge is 0.204 e. The normalized spacial score (nSPS) is 11.0. The third kappa shape index (κ3) is 5.77. The van der Waals surface area contributed by atoms with Crippen LogP contribution in [0.2, 0.25) is 5.02 Å². The van der Waals surface area contributed by atoms with Gasteiger partial charge in [0, 0.05) is 16.1 Å². The summed E-state index contributed by atoms with van der Waals surface area (Å²) < 4.78 is 6.03. The van der Waals surface area contributed by atoms with Gasteiger partial charge in [-0.3, -0.25) is 5.43 Å². The molecule has 4 aromatic carbocycles. The van der Waals surface area contributed by atoms with Crippen LogP contribution in [0.25, 0.3) is 21.7 Å². The van der Waals surface area contributed by atoms with Crippen LogP contribution >= 0.6 is 22.9 Å². The highest BCUT2D eigenvalue weighted by Crippen LogP contribution is 2.39. The highest BCUT2D eigenvalue weighted by Gasteiger charge is 2.15. The topological polar surface area (TPSA) is 46.5 Å². The molecule has 0 bridgehead atoms. The highest BCUT2D eigenvalue weighted by molar-refractivity contribution is 7.19. The van der Waals surface area contributed by atoms with Crippen LogP contribution in [0.5, 0.6) is 5.75 Å². The van der Waals surface area contributed by atoms with Gasteiger partial charge in [0.1, 0.15) is 12.4 Å². The minimum absolute atomic E-state index is 0.497. The summed E-state index contributed by atoms with van der Waals surface area (Å²) in [6.07, 6.45) is 1.76. The van der Waals surface area contributed by atoms with Crippen LogP contribution in [0, 0.1) is 0 Å². The molecule has 172 valence electrons. The second-order valence-electron chi connectivity index (χ2n) is 7.75. The van der Waals surface area contributed by atoms with Crippen LogP contribution in [0.15, 0.2) is 114 Å². The minimum Gasteiger partial charge on any atom is -0.488 e. The first-order valence-corrected chi connectivity index (χ1v) is 12.3. The Morgan fingerprint density at radius 3 is 2.26 bits per heavy atom. The first kappa shape index (κ1) is 22.8. The molecule has 35 heavy (non-hydrogen) atoms. The lowest BCUT2D eigenvalue weighted by Crippen LogP contribution is -1.99. The molecule has 5 rings (SSSR count). The summed E-state index contributed by atoms with van der Waals surface area (Å²) in [5, 5.41) is 5.86. The molecule has 0 fully saturated rings. The number of rotatable bonds is 8. The number of hydrogen-bond acceptors (Lipinski definition) is 5. The number of anilines is 1. The molecule has 1 aromatic heterocycles. The maximum Gasteiger partial charge on any atom is 0.204 e. The Morgan fingerprint density at radius 2 is 1.49 bits per heavy atom. The third-order valence-corrected chi connectivity index (χ3v) is 6.56. The molecule has 0 aliphatic heterocycles. The number of aromatic nitrogens is 1. The molecule has 5 aromatic rings. The van der Waals surface area contributed by atoms with E-state index in [9.17, 15) is 0 Å². The van der Waals surface area contributed by atoms with Crippen molar-refractivity contribution < 1.29 is 4.74 Å². The average molecular weight is 496 g/mol. The van der Waals surface area contributed by atoms with E-state index in [-0.39, 0.29) is 0 Å². The first-order chi connectivity index (χ1) is 17.3. The SMILES string of the molecule is Clc1ccc(-c2sc(N/N=C/c3ccccc3OCc3ccccc3)nc2-c2ccccc2)cc1. The zero-order valence-corrected chi connectivity index (χ0v) is 20.3. The van der Waals surface area contributed by atoms with E-state index in [0.29, 0.717) is 16.8 Å². The highest BCUT2D eigenvalue weighted by atomic mass is 35.5. The summed E-state index contributed by atoms with van der Waals surface area (Å²) in [6, 6.07) is 35.9. The fourth-order valence-corrected chi connectivity index (χ4v) is 4.64. The van der Waals surface area contributed by atoms with E-state index in [0.717, 1.165) is 38.6 Å². The van der Waals surface area contributed by atoms with Gasteiger partial charge < -0.3 is 4.74 Å². The number of para-hydroxylation sites is 1. The molecule has 0 saturated heterocycles. The van der Waals surface area contributed by atoms with Gasteiger partial charge in [-0.05, 0) is 35.4 Å². The predicted octanol–water partition coefficient (Wildman–Crippen LogP) is 8.16. The van der Waals surface area contributed by atoms with Crippen LogP contribution in [-0.2, 0) is 6.61 Å². The standard InChI is InChI=1S/C29H22ClN3OS/c30-25-17-15-23(16-18-25)28-27(22-11-5-2-6-12-22)32-29(35-28)33-31-19-24-13-7-8-14-26(24)34-20-21-9-3-1-4-10-21/h1-19H,20H2,(H,32,33)/b31-19+. The summed E-state index contributed by atoms with van der Waals surface area (Å²) in [4.78, 5) is 5.89. The van der Waals surface area contributed by atoms with Crippen molar-refractivity contribution in [2.75, 3.05) is 5.43 Å². The fraction of sp³-hybridized carbons (Fsp3) is 0.0345. The molecular weight excluding hydrogens is 474 g/mol. The summed E-state index contributed by atoms with van der Waals surface area (Å²) in [5.74, 6) is 0.771. The van der Waals surface area contributed by atoms with Crippen LogP contribution in [-0.4, -0.2) is 11.2 Å². The Balaban J connectivity index is 1.36. The van der Waals surface area contributed by atoms with E-state index < -0.39 is 0 Å². The van der Waals surface area contributed by atoms with Gasteiger partial charge in [0.05, 0.1) is 16.8 Å². The number of ether oxygens (including phenoxy) is 1. The van der Waals surface area contributed by atoms with Crippen molar-refractivity contribution in [2.45, 2.75) is 6.61 Å². The van der Waals surface area contributed by atoms with Crippen molar-refractivity contribution in [3.05, 3.63) is 125 Å². The van der Waals surface area contributed by atoms with Crippen LogP contribution in [0.3, 0.4) is 0 Å². The predicted molar refractivity (Wildman–Crippen MR) is 146 cm³/mol. The maximum absolute atomic E-state index is 6.10. The van der Waals surface area contributed by atoms with Crippen molar-refractivity contribution in [3.8, 4) is 27.4 Å². The lowest BCUT2D eigenvalue weighted by Gasteiger charge is -2.08. The molecule has 4 nitrogen and oxygen atoms in total. The summed E-state index contributed by atoms with van der Waals surface area (Å²) in [7, 11) is 0. The lowest BCUT2D eigenvalue weighted by atomic mass is 10.1. The monoisotopic (exact) mass is 495 g/mol. The van der Waals surface area contributed by atoms with Gasteiger partial charge in [0.25, 0.3) is 0 Å². The van der Waals surface area contributed by atoms with Crippen molar-refractivity contribution in [1.29, 1.82) is 0 Å². The van der Waals surface area contributed by atoms with Crippen molar-refractivity contribution >= 4 is 34.3 Å². The first-order valence-electron chi connectivity index (χ1n) is 11.1. The number of halogens is 1. The molecular formula is C29H22ClN3OS. The average Bonchev–Trinajstić information content (AvgIpc) is 3.34. The Kier molecular flexibility index (Phi) is 7.18. The number of hydrogen-bond donors (Lipinski definition) is 1. The van der Waals surface area contributed by atoms with E-state index in [2.05, 4.69) is 22.7 Å². The second kappa shape index (κ2) is 11.0. The quantitative estimate of drug-likeness (QED) is 0.174. The van der Waals surface area contributed by atoms with Gasteiger partial charge >= 0.3 is 0 Å². The van der Waals surface area contributed by atoms with Gasteiger partial charge in [0.2, 0.25) is 5.13 Å². The fourth-order valence-electron chi connectivity index (χ4n) is 3.57. The Labute approximate surface area is 213 Å². The number of benzene rings is 4. The molecule has 1 N–H and O–H groups in total. The molecule has 0 aliphatic rings. The molecule has 0 radical (unpaired) electrons. The van der Waals surface area contributed by atoms with Gasteiger partial charge in [-0.2, -0.15) is 5.10 Å². The number of hydrazone groups is 1.